The van der Waals surface area contributed by atoms with Gasteiger partial charge in [-0.1, -0.05) is 25.1 Å². The molecular formula is C12H23N3S. The maximum absolute atomic E-state index is 4.57. The highest BCUT2D eigenvalue weighted by Crippen LogP contribution is 2.17. The Balaban J connectivity index is 1.74. The SMILES string of the molecule is CC1CN=C(NCC2CCCCN2C)SC1. The van der Waals surface area contributed by atoms with Gasteiger partial charge >= 0.3 is 0 Å². The van der Waals surface area contributed by atoms with Crippen LogP contribution in [0.25, 0.3) is 0 Å². The zero-order chi connectivity index (χ0) is 11.4. The van der Waals surface area contributed by atoms with Crippen LogP contribution in [-0.2, 0) is 0 Å². The quantitative estimate of drug-likeness (QED) is 0.799. The molecule has 2 aliphatic heterocycles. The molecule has 4 heteroatoms. The summed E-state index contributed by atoms with van der Waals surface area (Å²) in [5.74, 6) is 1.96. The third kappa shape index (κ3) is 3.39. The lowest BCUT2D eigenvalue weighted by Gasteiger charge is -2.33. The van der Waals surface area contributed by atoms with Gasteiger partial charge in [0.25, 0.3) is 0 Å². The Morgan fingerprint density at radius 3 is 3.06 bits per heavy atom. The minimum atomic E-state index is 0.705. The van der Waals surface area contributed by atoms with Gasteiger partial charge in [-0.3, -0.25) is 4.99 Å². The van der Waals surface area contributed by atoms with Gasteiger partial charge in [0.1, 0.15) is 0 Å². The predicted molar refractivity (Wildman–Crippen MR) is 72.2 cm³/mol. The number of rotatable bonds is 2. The van der Waals surface area contributed by atoms with Crippen molar-refractivity contribution in [3.8, 4) is 0 Å². The summed E-state index contributed by atoms with van der Waals surface area (Å²) in [5, 5.41) is 4.68. The molecule has 2 atom stereocenters. The summed E-state index contributed by atoms with van der Waals surface area (Å²) in [5.41, 5.74) is 0. The topological polar surface area (TPSA) is 27.6 Å². The lowest BCUT2D eigenvalue weighted by molar-refractivity contribution is 0.187. The Hall–Kier alpha value is -0.220. The summed E-state index contributed by atoms with van der Waals surface area (Å²) < 4.78 is 0. The first-order valence-electron chi connectivity index (χ1n) is 6.37. The molecule has 0 aromatic rings. The second kappa shape index (κ2) is 5.92. The number of hydrogen-bond donors (Lipinski definition) is 1. The number of thioether (sulfide) groups is 1. The van der Waals surface area contributed by atoms with Crippen LogP contribution in [0.1, 0.15) is 26.2 Å². The summed E-state index contributed by atoms with van der Waals surface area (Å²) in [6.45, 7) is 5.58. The average molecular weight is 241 g/mol. The lowest BCUT2D eigenvalue weighted by atomic mass is 10.0. The fourth-order valence-corrected chi connectivity index (χ4v) is 3.17. The molecule has 2 unspecified atom stereocenters. The van der Waals surface area contributed by atoms with E-state index >= 15 is 0 Å². The highest BCUT2D eigenvalue weighted by molar-refractivity contribution is 8.13. The lowest BCUT2D eigenvalue weighted by Crippen LogP contribution is -2.44. The van der Waals surface area contributed by atoms with Gasteiger partial charge in [-0.2, -0.15) is 0 Å². The van der Waals surface area contributed by atoms with Crippen LogP contribution in [0.3, 0.4) is 0 Å². The van der Waals surface area contributed by atoms with Crippen molar-refractivity contribution in [1.29, 1.82) is 0 Å². The summed E-state index contributed by atoms with van der Waals surface area (Å²) in [6.07, 6.45) is 4.07. The van der Waals surface area contributed by atoms with E-state index in [1.807, 2.05) is 11.8 Å². The smallest absolute Gasteiger partial charge is 0.156 e. The van der Waals surface area contributed by atoms with E-state index < -0.39 is 0 Å². The van der Waals surface area contributed by atoms with E-state index in [0.717, 1.165) is 24.2 Å². The summed E-state index contributed by atoms with van der Waals surface area (Å²) in [6, 6.07) is 0.705. The molecule has 2 aliphatic rings. The number of nitrogens with zero attached hydrogens (tertiary/aromatic N) is 2. The van der Waals surface area contributed by atoms with Gasteiger partial charge < -0.3 is 10.2 Å². The van der Waals surface area contributed by atoms with Crippen LogP contribution in [0.5, 0.6) is 0 Å². The maximum atomic E-state index is 4.57. The zero-order valence-electron chi connectivity index (χ0n) is 10.4. The molecule has 0 radical (unpaired) electrons. The first kappa shape index (κ1) is 12.2. The second-order valence-electron chi connectivity index (χ2n) is 5.07. The molecule has 1 fully saturated rings. The highest BCUT2D eigenvalue weighted by Gasteiger charge is 2.19. The van der Waals surface area contributed by atoms with E-state index in [0.29, 0.717) is 6.04 Å². The monoisotopic (exact) mass is 241 g/mol. The van der Waals surface area contributed by atoms with Gasteiger partial charge in [-0.15, -0.1) is 0 Å². The van der Waals surface area contributed by atoms with Gasteiger partial charge in [0.2, 0.25) is 0 Å². The second-order valence-corrected chi connectivity index (χ2v) is 6.08. The van der Waals surface area contributed by atoms with E-state index in [-0.39, 0.29) is 0 Å². The van der Waals surface area contributed by atoms with E-state index in [9.17, 15) is 0 Å². The molecule has 0 bridgehead atoms. The molecule has 0 amide bonds. The van der Waals surface area contributed by atoms with Gasteiger partial charge in [0, 0.05) is 24.9 Å². The number of piperidine rings is 1. The van der Waals surface area contributed by atoms with Crippen molar-refractivity contribution in [2.24, 2.45) is 10.9 Å². The van der Waals surface area contributed by atoms with Crippen LogP contribution in [0.4, 0.5) is 0 Å². The third-order valence-corrected chi connectivity index (χ3v) is 4.74. The Morgan fingerprint density at radius 1 is 1.50 bits per heavy atom. The number of likely N-dealkylation sites (tertiary alicyclic amines) is 1. The van der Waals surface area contributed by atoms with E-state index in [4.69, 9.17) is 0 Å². The number of hydrogen-bond acceptors (Lipinski definition) is 4. The van der Waals surface area contributed by atoms with Gasteiger partial charge in [0.05, 0.1) is 0 Å². The van der Waals surface area contributed by atoms with Crippen molar-refractivity contribution in [1.82, 2.24) is 10.2 Å². The minimum absolute atomic E-state index is 0.705. The van der Waals surface area contributed by atoms with Gasteiger partial charge in [-0.05, 0) is 32.4 Å². The Morgan fingerprint density at radius 2 is 2.38 bits per heavy atom. The molecule has 16 heavy (non-hydrogen) atoms. The van der Waals surface area contributed by atoms with E-state index in [2.05, 4.69) is 29.2 Å². The number of amidine groups is 1. The average Bonchev–Trinajstić information content (AvgIpc) is 2.30. The molecule has 3 nitrogen and oxygen atoms in total. The van der Waals surface area contributed by atoms with Crippen LogP contribution in [0.2, 0.25) is 0 Å². The van der Waals surface area contributed by atoms with Crippen molar-refractivity contribution in [2.75, 3.05) is 32.4 Å². The summed E-state index contributed by atoms with van der Waals surface area (Å²) >= 11 is 1.88. The molecule has 0 aliphatic carbocycles. The molecule has 0 aromatic heterocycles. The molecule has 0 spiro atoms. The molecule has 0 aromatic carbocycles. The molecule has 92 valence electrons. The number of aliphatic imine (C=N–C) groups is 1. The standard InChI is InChI=1S/C12H23N3S/c1-10-7-13-12(16-9-10)14-8-11-5-3-4-6-15(11)2/h10-11H,3-9H2,1-2H3,(H,13,14). The van der Waals surface area contributed by atoms with Crippen LogP contribution in [0.15, 0.2) is 4.99 Å². The molecule has 0 saturated carbocycles. The van der Waals surface area contributed by atoms with Crippen molar-refractivity contribution in [2.45, 2.75) is 32.2 Å². The first-order valence-corrected chi connectivity index (χ1v) is 7.35. The molecule has 2 heterocycles. The molecule has 1 N–H and O–H groups in total. The predicted octanol–water partition coefficient (Wildman–Crippen LogP) is 1.80. The fourth-order valence-electron chi connectivity index (χ4n) is 2.27. The van der Waals surface area contributed by atoms with E-state index in [1.54, 1.807) is 0 Å². The Labute approximate surface area is 103 Å². The number of likely N-dealkylation sites (N-methyl/N-ethyl adjacent to an activating group) is 1. The summed E-state index contributed by atoms with van der Waals surface area (Å²) in [4.78, 5) is 7.05. The van der Waals surface area contributed by atoms with Crippen molar-refractivity contribution >= 4 is 16.9 Å². The Kier molecular flexibility index (Phi) is 4.53. The van der Waals surface area contributed by atoms with Crippen molar-refractivity contribution in [3.63, 3.8) is 0 Å². The van der Waals surface area contributed by atoms with Crippen molar-refractivity contribution in [3.05, 3.63) is 0 Å². The van der Waals surface area contributed by atoms with Gasteiger partial charge in [-0.25, -0.2) is 0 Å². The van der Waals surface area contributed by atoms with Crippen LogP contribution < -0.4 is 5.32 Å². The maximum Gasteiger partial charge on any atom is 0.156 e. The zero-order valence-corrected chi connectivity index (χ0v) is 11.2. The normalized spacial score (nSPS) is 32.2. The summed E-state index contributed by atoms with van der Waals surface area (Å²) in [7, 11) is 2.24. The van der Waals surface area contributed by atoms with Crippen LogP contribution in [0, 0.1) is 5.92 Å². The van der Waals surface area contributed by atoms with Gasteiger partial charge in [0.15, 0.2) is 5.17 Å². The van der Waals surface area contributed by atoms with Crippen molar-refractivity contribution < 1.29 is 0 Å². The number of nitrogens with one attached hydrogen (secondary N) is 1. The van der Waals surface area contributed by atoms with Crippen LogP contribution >= 0.6 is 11.8 Å². The Bertz CT molecular complexity index is 255. The molecular weight excluding hydrogens is 218 g/mol. The third-order valence-electron chi connectivity index (χ3n) is 3.46. The largest absolute Gasteiger partial charge is 0.363 e. The minimum Gasteiger partial charge on any atom is -0.363 e. The molecule has 1 saturated heterocycles. The first-order chi connectivity index (χ1) is 7.75. The van der Waals surface area contributed by atoms with Crippen LogP contribution in [-0.4, -0.2) is 48.5 Å². The fraction of sp³-hybridized carbons (Fsp3) is 0.917. The highest BCUT2D eigenvalue weighted by atomic mass is 32.2. The molecule has 2 rings (SSSR count). The van der Waals surface area contributed by atoms with E-state index in [1.165, 1.54) is 31.6 Å².